The molecule has 0 aliphatic carbocycles. The van der Waals surface area contributed by atoms with Gasteiger partial charge in [-0.3, -0.25) is 14.4 Å². The highest BCUT2D eigenvalue weighted by Crippen LogP contribution is 2.32. The molecule has 7 nitrogen and oxygen atoms in total. The molecule has 0 spiro atoms. The molecular formula is C16H20N2O5. The maximum atomic E-state index is 12.2. The van der Waals surface area contributed by atoms with Gasteiger partial charge in [0.15, 0.2) is 0 Å². The Morgan fingerprint density at radius 1 is 1.43 bits per heavy atom. The number of benzene rings is 1. The fourth-order valence-electron chi connectivity index (χ4n) is 2.64. The van der Waals surface area contributed by atoms with E-state index in [-0.39, 0.29) is 31.2 Å². The van der Waals surface area contributed by atoms with Crippen LogP contribution < -0.4 is 15.0 Å². The molecule has 0 saturated carbocycles. The van der Waals surface area contributed by atoms with Crippen LogP contribution in [0.2, 0.25) is 0 Å². The van der Waals surface area contributed by atoms with Gasteiger partial charge in [0, 0.05) is 19.0 Å². The number of aliphatic carboxylic acids is 1. The van der Waals surface area contributed by atoms with Crippen LogP contribution in [-0.2, 0) is 14.4 Å². The van der Waals surface area contributed by atoms with Gasteiger partial charge >= 0.3 is 5.97 Å². The predicted molar refractivity (Wildman–Crippen MR) is 83.3 cm³/mol. The van der Waals surface area contributed by atoms with E-state index in [2.05, 4.69) is 5.32 Å². The highest BCUT2D eigenvalue weighted by Gasteiger charge is 2.36. The maximum Gasteiger partial charge on any atom is 0.305 e. The normalized spacial score (nSPS) is 18.6. The summed E-state index contributed by atoms with van der Waals surface area (Å²) in [5.74, 6) is -1.36. The Morgan fingerprint density at radius 3 is 2.78 bits per heavy atom. The topological polar surface area (TPSA) is 95.9 Å². The number of ether oxygens (including phenoxy) is 1. The highest BCUT2D eigenvalue weighted by molar-refractivity contribution is 6.01. The minimum Gasteiger partial charge on any atom is -0.495 e. The van der Waals surface area contributed by atoms with Crippen molar-refractivity contribution in [2.75, 3.05) is 18.6 Å². The lowest BCUT2D eigenvalue weighted by atomic mass is 10.1. The summed E-state index contributed by atoms with van der Waals surface area (Å²) in [7, 11) is 1.52. The van der Waals surface area contributed by atoms with E-state index < -0.39 is 17.9 Å². The van der Waals surface area contributed by atoms with Gasteiger partial charge in [0.1, 0.15) is 5.75 Å². The largest absolute Gasteiger partial charge is 0.495 e. The SMILES string of the molecule is COc1ccccc1N1CC(C(=O)NC(C)CC(=O)O)CC1=O. The molecular weight excluding hydrogens is 300 g/mol. The van der Waals surface area contributed by atoms with E-state index in [9.17, 15) is 14.4 Å². The zero-order valence-corrected chi connectivity index (χ0v) is 13.1. The van der Waals surface area contributed by atoms with Crippen LogP contribution in [-0.4, -0.2) is 42.6 Å². The molecule has 7 heteroatoms. The number of carboxylic acid groups (broad SMARTS) is 1. The van der Waals surface area contributed by atoms with Crippen LogP contribution >= 0.6 is 0 Å². The first-order valence-electron chi connectivity index (χ1n) is 7.38. The molecule has 0 aromatic heterocycles. The Bertz CT molecular complexity index is 616. The number of rotatable bonds is 6. The third kappa shape index (κ3) is 4.00. The van der Waals surface area contributed by atoms with Gasteiger partial charge < -0.3 is 20.1 Å². The number of nitrogens with one attached hydrogen (secondary N) is 1. The summed E-state index contributed by atoms with van der Waals surface area (Å²) in [5, 5.41) is 11.4. The molecule has 124 valence electrons. The van der Waals surface area contributed by atoms with Crippen molar-refractivity contribution in [1.29, 1.82) is 0 Å². The van der Waals surface area contributed by atoms with Gasteiger partial charge in [0.05, 0.1) is 25.1 Å². The molecule has 1 aliphatic rings. The fraction of sp³-hybridized carbons (Fsp3) is 0.438. The number of carboxylic acids is 1. The molecule has 0 bridgehead atoms. The molecule has 1 saturated heterocycles. The molecule has 2 amide bonds. The van der Waals surface area contributed by atoms with Crippen LogP contribution in [0.25, 0.3) is 0 Å². The van der Waals surface area contributed by atoms with Gasteiger partial charge in [0.2, 0.25) is 11.8 Å². The number of hydrogen-bond acceptors (Lipinski definition) is 4. The first-order chi connectivity index (χ1) is 10.9. The summed E-state index contributed by atoms with van der Waals surface area (Å²) in [6, 6.07) is 6.65. The van der Waals surface area contributed by atoms with E-state index in [1.54, 1.807) is 31.2 Å². The number of carbonyl (C=O) groups is 3. The second kappa shape index (κ2) is 7.13. The van der Waals surface area contributed by atoms with E-state index in [0.717, 1.165) is 0 Å². The first-order valence-corrected chi connectivity index (χ1v) is 7.38. The smallest absolute Gasteiger partial charge is 0.305 e. The summed E-state index contributed by atoms with van der Waals surface area (Å²) >= 11 is 0. The maximum absolute atomic E-state index is 12.2. The Kier molecular flexibility index (Phi) is 5.20. The average Bonchev–Trinajstić information content (AvgIpc) is 2.88. The Balaban J connectivity index is 2.05. The lowest BCUT2D eigenvalue weighted by molar-refractivity contribution is -0.137. The van der Waals surface area contributed by atoms with Gasteiger partial charge in [-0.25, -0.2) is 0 Å². The van der Waals surface area contributed by atoms with Crippen LogP contribution in [0, 0.1) is 5.92 Å². The molecule has 1 heterocycles. The molecule has 2 rings (SSSR count). The number of para-hydroxylation sites is 2. The number of amides is 2. The average molecular weight is 320 g/mol. The Labute approximate surface area is 134 Å². The van der Waals surface area contributed by atoms with Crippen LogP contribution in [0.3, 0.4) is 0 Å². The van der Waals surface area contributed by atoms with Gasteiger partial charge in [-0.15, -0.1) is 0 Å². The molecule has 0 radical (unpaired) electrons. The van der Waals surface area contributed by atoms with Crippen molar-refractivity contribution in [1.82, 2.24) is 5.32 Å². The first kappa shape index (κ1) is 16.8. The molecule has 1 fully saturated rings. The number of hydrogen-bond donors (Lipinski definition) is 2. The molecule has 2 N–H and O–H groups in total. The number of methoxy groups -OCH3 is 1. The van der Waals surface area contributed by atoms with E-state index in [1.165, 1.54) is 12.0 Å². The fourth-order valence-corrected chi connectivity index (χ4v) is 2.64. The Morgan fingerprint density at radius 2 is 2.13 bits per heavy atom. The molecule has 1 aromatic carbocycles. The van der Waals surface area contributed by atoms with E-state index in [4.69, 9.17) is 9.84 Å². The molecule has 1 aliphatic heterocycles. The molecule has 2 unspecified atom stereocenters. The molecule has 1 aromatic rings. The van der Waals surface area contributed by atoms with Crippen molar-refractivity contribution < 1.29 is 24.2 Å². The van der Waals surface area contributed by atoms with Gasteiger partial charge in [-0.05, 0) is 19.1 Å². The summed E-state index contributed by atoms with van der Waals surface area (Å²) in [4.78, 5) is 36.6. The summed E-state index contributed by atoms with van der Waals surface area (Å²) in [6.07, 6.45) is -0.0493. The third-order valence-corrected chi connectivity index (χ3v) is 3.74. The lowest BCUT2D eigenvalue weighted by Gasteiger charge is -2.20. The monoisotopic (exact) mass is 320 g/mol. The second-order valence-corrected chi connectivity index (χ2v) is 5.58. The highest BCUT2D eigenvalue weighted by atomic mass is 16.5. The van der Waals surface area contributed by atoms with Crippen molar-refractivity contribution in [3.8, 4) is 5.75 Å². The number of carbonyl (C=O) groups excluding carboxylic acids is 2. The van der Waals surface area contributed by atoms with E-state index >= 15 is 0 Å². The standard InChI is InChI=1S/C16H20N2O5/c1-10(7-15(20)21)17-16(22)11-8-14(19)18(9-11)12-5-3-4-6-13(12)23-2/h3-6,10-11H,7-9H2,1-2H3,(H,17,22)(H,20,21). The summed E-state index contributed by atoms with van der Waals surface area (Å²) < 4.78 is 5.25. The number of nitrogens with zero attached hydrogens (tertiary/aromatic N) is 1. The van der Waals surface area contributed by atoms with E-state index in [1.807, 2.05) is 0 Å². The van der Waals surface area contributed by atoms with Crippen LogP contribution in [0.5, 0.6) is 5.75 Å². The number of anilines is 1. The van der Waals surface area contributed by atoms with E-state index in [0.29, 0.717) is 11.4 Å². The third-order valence-electron chi connectivity index (χ3n) is 3.74. The zero-order valence-electron chi connectivity index (χ0n) is 13.1. The van der Waals surface area contributed by atoms with Crippen LogP contribution in [0.15, 0.2) is 24.3 Å². The zero-order chi connectivity index (χ0) is 17.0. The lowest BCUT2D eigenvalue weighted by Crippen LogP contribution is -2.39. The van der Waals surface area contributed by atoms with Gasteiger partial charge in [-0.2, -0.15) is 0 Å². The van der Waals surface area contributed by atoms with Crippen molar-refractivity contribution in [2.45, 2.75) is 25.8 Å². The summed E-state index contributed by atoms with van der Waals surface area (Å²) in [6.45, 7) is 1.88. The van der Waals surface area contributed by atoms with Crippen molar-refractivity contribution in [2.24, 2.45) is 5.92 Å². The van der Waals surface area contributed by atoms with Crippen LogP contribution in [0.1, 0.15) is 19.8 Å². The minimum atomic E-state index is -0.976. The van der Waals surface area contributed by atoms with Gasteiger partial charge in [-0.1, -0.05) is 12.1 Å². The van der Waals surface area contributed by atoms with Crippen molar-refractivity contribution >= 4 is 23.5 Å². The van der Waals surface area contributed by atoms with Crippen molar-refractivity contribution in [3.05, 3.63) is 24.3 Å². The van der Waals surface area contributed by atoms with Crippen molar-refractivity contribution in [3.63, 3.8) is 0 Å². The minimum absolute atomic E-state index is 0.101. The summed E-state index contributed by atoms with van der Waals surface area (Å²) in [5.41, 5.74) is 0.633. The Hall–Kier alpha value is -2.57. The molecule has 2 atom stereocenters. The quantitative estimate of drug-likeness (QED) is 0.816. The van der Waals surface area contributed by atoms with Crippen LogP contribution in [0.4, 0.5) is 5.69 Å². The second-order valence-electron chi connectivity index (χ2n) is 5.58. The van der Waals surface area contributed by atoms with Gasteiger partial charge in [0.25, 0.3) is 0 Å². The molecule has 23 heavy (non-hydrogen) atoms. The predicted octanol–water partition coefficient (Wildman–Crippen LogP) is 1.03.